The number of halogens is 1. The van der Waals surface area contributed by atoms with Crippen LogP contribution >= 0.6 is 0 Å². The number of rotatable bonds is 5. The Morgan fingerprint density at radius 1 is 1.22 bits per heavy atom. The quantitative estimate of drug-likeness (QED) is 0.782. The van der Waals surface area contributed by atoms with Gasteiger partial charge < -0.3 is 9.72 Å². The lowest BCUT2D eigenvalue weighted by Crippen LogP contribution is -2.10. The molecule has 0 saturated heterocycles. The summed E-state index contributed by atoms with van der Waals surface area (Å²) >= 11 is 0. The van der Waals surface area contributed by atoms with Crippen molar-refractivity contribution in [3.8, 4) is 5.88 Å². The maximum Gasteiger partial charge on any atom is 0.213 e. The van der Waals surface area contributed by atoms with E-state index in [0.717, 1.165) is 11.4 Å². The summed E-state index contributed by atoms with van der Waals surface area (Å²) in [4.78, 5) is 11.6. The van der Waals surface area contributed by atoms with Gasteiger partial charge in [0.2, 0.25) is 5.88 Å². The van der Waals surface area contributed by atoms with Crippen LogP contribution < -0.4 is 4.74 Å². The molecule has 0 saturated carbocycles. The minimum atomic E-state index is -0.185. The van der Waals surface area contributed by atoms with E-state index in [2.05, 4.69) is 15.0 Å². The zero-order valence-electron chi connectivity index (χ0n) is 13.1. The number of pyridine rings is 1. The van der Waals surface area contributed by atoms with Crippen molar-refractivity contribution in [2.75, 3.05) is 7.11 Å². The Bertz CT molecular complexity index is 787. The number of aryl methyl sites for hydroxylation is 1. The molecule has 1 N–H and O–H groups in total. The van der Waals surface area contributed by atoms with Crippen LogP contribution in [0.15, 0.2) is 48.9 Å². The lowest BCUT2D eigenvalue weighted by atomic mass is 9.90. The Hall–Kier alpha value is -2.69. The highest BCUT2D eigenvalue weighted by Gasteiger charge is 2.21. The Morgan fingerprint density at radius 2 is 2.04 bits per heavy atom. The highest BCUT2D eigenvalue weighted by molar-refractivity contribution is 5.34. The third-order valence-corrected chi connectivity index (χ3v) is 3.90. The number of imidazole rings is 1. The van der Waals surface area contributed by atoms with E-state index < -0.39 is 0 Å². The van der Waals surface area contributed by atoms with Crippen LogP contribution in [-0.2, 0) is 6.42 Å². The zero-order chi connectivity index (χ0) is 16.2. The molecule has 0 fully saturated rings. The van der Waals surface area contributed by atoms with Crippen LogP contribution in [-0.4, -0.2) is 22.1 Å². The molecule has 0 aliphatic carbocycles. The van der Waals surface area contributed by atoms with Crippen LogP contribution in [0.25, 0.3) is 0 Å². The van der Waals surface area contributed by atoms with Gasteiger partial charge >= 0.3 is 0 Å². The number of benzene rings is 1. The van der Waals surface area contributed by atoms with Gasteiger partial charge in [0.15, 0.2) is 0 Å². The lowest BCUT2D eigenvalue weighted by molar-refractivity contribution is 0.396. The number of methoxy groups -OCH3 is 1. The molecule has 0 aliphatic rings. The predicted octanol–water partition coefficient (Wildman–Crippen LogP) is 3.64. The highest BCUT2D eigenvalue weighted by atomic mass is 19.1. The molecule has 3 aromatic rings. The molecule has 0 bridgehead atoms. The second-order valence-corrected chi connectivity index (χ2v) is 5.41. The summed E-state index contributed by atoms with van der Waals surface area (Å²) in [5.74, 6) is 0.183. The van der Waals surface area contributed by atoms with E-state index in [-0.39, 0.29) is 11.7 Å². The topological polar surface area (TPSA) is 50.8 Å². The molecule has 0 spiro atoms. The number of nitrogens with zero attached hydrogens (tertiary/aromatic N) is 2. The van der Waals surface area contributed by atoms with E-state index in [1.165, 1.54) is 0 Å². The van der Waals surface area contributed by atoms with Gasteiger partial charge in [0.1, 0.15) is 5.82 Å². The second kappa shape index (κ2) is 6.60. The van der Waals surface area contributed by atoms with Crippen molar-refractivity contribution in [3.63, 3.8) is 0 Å². The third kappa shape index (κ3) is 3.23. The molecular weight excluding hydrogens is 293 g/mol. The third-order valence-electron chi connectivity index (χ3n) is 3.90. The van der Waals surface area contributed by atoms with Crippen molar-refractivity contribution in [1.29, 1.82) is 0 Å². The summed E-state index contributed by atoms with van der Waals surface area (Å²) in [6, 6.07) is 11.1. The number of nitrogens with one attached hydrogen (secondary N) is 1. The first-order valence-electron chi connectivity index (χ1n) is 7.42. The first kappa shape index (κ1) is 15.2. The van der Waals surface area contributed by atoms with E-state index in [1.807, 2.05) is 24.3 Å². The van der Waals surface area contributed by atoms with Crippen molar-refractivity contribution in [3.05, 3.63) is 77.3 Å². The van der Waals surface area contributed by atoms with Crippen molar-refractivity contribution in [2.24, 2.45) is 0 Å². The smallest absolute Gasteiger partial charge is 0.213 e. The van der Waals surface area contributed by atoms with Crippen molar-refractivity contribution in [1.82, 2.24) is 15.0 Å². The van der Waals surface area contributed by atoms with Crippen LogP contribution in [0, 0.1) is 12.7 Å². The van der Waals surface area contributed by atoms with Crippen LogP contribution in [0.3, 0.4) is 0 Å². The van der Waals surface area contributed by atoms with Gasteiger partial charge in [-0.1, -0.05) is 24.3 Å². The van der Waals surface area contributed by atoms with Gasteiger partial charge in [-0.25, -0.2) is 14.4 Å². The molecule has 2 heterocycles. The monoisotopic (exact) mass is 311 g/mol. The van der Waals surface area contributed by atoms with Gasteiger partial charge in [0, 0.05) is 36.0 Å². The highest BCUT2D eigenvalue weighted by Crippen LogP contribution is 2.30. The molecule has 5 heteroatoms. The summed E-state index contributed by atoms with van der Waals surface area (Å²) < 4.78 is 19.8. The molecule has 0 unspecified atom stereocenters. The molecule has 0 amide bonds. The lowest BCUT2D eigenvalue weighted by Gasteiger charge is -2.17. The number of ether oxygens (including phenoxy) is 1. The molecule has 1 aromatic carbocycles. The fourth-order valence-corrected chi connectivity index (χ4v) is 2.68. The van der Waals surface area contributed by atoms with E-state index >= 15 is 0 Å². The number of hydrogen-bond donors (Lipinski definition) is 1. The van der Waals surface area contributed by atoms with Gasteiger partial charge in [-0.3, -0.25) is 0 Å². The van der Waals surface area contributed by atoms with Gasteiger partial charge in [0.05, 0.1) is 13.4 Å². The van der Waals surface area contributed by atoms with Gasteiger partial charge in [-0.2, -0.15) is 0 Å². The standard InChI is InChI=1S/C18H18FN3O/c1-12-5-3-7-14(18(12)19)15(16-10-20-11-21-16)9-13-6-4-8-17(22-13)23-2/h3-8,10-11,15H,9H2,1-2H3,(H,20,21)/t15-/m0/s1. The van der Waals surface area contributed by atoms with Gasteiger partial charge in [0.25, 0.3) is 0 Å². The molecule has 23 heavy (non-hydrogen) atoms. The summed E-state index contributed by atoms with van der Waals surface area (Å²) in [7, 11) is 1.58. The second-order valence-electron chi connectivity index (χ2n) is 5.41. The molecule has 0 radical (unpaired) electrons. The van der Waals surface area contributed by atoms with E-state index in [0.29, 0.717) is 23.4 Å². The van der Waals surface area contributed by atoms with E-state index in [9.17, 15) is 4.39 Å². The average molecular weight is 311 g/mol. The summed E-state index contributed by atoms with van der Waals surface area (Å²) in [6.45, 7) is 1.77. The normalized spacial score (nSPS) is 12.1. The molecule has 0 aliphatic heterocycles. The molecule has 1 atom stereocenters. The zero-order valence-corrected chi connectivity index (χ0v) is 13.1. The molecule has 3 rings (SSSR count). The van der Waals surface area contributed by atoms with E-state index in [1.54, 1.807) is 38.7 Å². The number of H-pyrrole nitrogens is 1. The average Bonchev–Trinajstić information content (AvgIpc) is 3.10. The molecular formula is C18H18FN3O. The fourth-order valence-electron chi connectivity index (χ4n) is 2.68. The minimum absolute atomic E-state index is 0.183. The Labute approximate surface area is 134 Å². The molecule has 2 aromatic heterocycles. The number of aromatic amines is 1. The maximum absolute atomic E-state index is 14.6. The van der Waals surface area contributed by atoms with E-state index in [4.69, 9.17) is 4.74 Å². The maximum atomic E-state index is 14.6. The summed E-state index contributed by atoms with van der Waals surface area (Å²) in [5.41, 5.74) is 2.97. The fraction of sp³-hybridized carbons (Fsp3) is 0.222. The summed E-state index contributed by atoms with van der Waals surface area (Å²) in [5, 5.41) is 0. The Morgan fingerprint density at radius 3 is 2.78 bits per heavy atom. The van der Waals surface area contributed by atoms with Crippen molar-refractivity contribution < 1.29 is 9.13 Å². The molecule has 4 nitrogen and oxygen atoms in total. The van der Waals surface area contributed by atoms with Crippen LogP contribution in [0.1, 0.15) is 28.4 Å². The Kier molecular flexibility index (Phi) is 4.37. The van der Waals surface area contributed by atoms with Crippen LogP contribution in [0.4, 0.5) is 4.39 Å². The number of hydrogen-bond acceptors (Lipinski definition) is 3. The Balaban J connectivity index is 2.01. The van der Waals surface area contributed by atoms with Crippen LogP contribution in [0.2, 0.25) is 0 Å². The van der Waals surface area contributed by atoms with Crippen molar-refractivity contribution >= 4 is 0 Å². The molecule has 118 valence electrons. The minimum Gasteiger partial charge on any atom is -0.481 e. The van der Waals surface area contributed by atoms with Gasteiger partial charge in [-0.05, 0) is 24.1 Å². The first-order chi connectivity index (χ1) is 11.2. The predicted molar refractivity (Wildman–Crippen MR) is 86.1 cm³/mol. The SMILES string of the molecule is COc1cccc(C[C@H](c2cnc[nH]2)c2cccc(C)c2F)n1. The van der Waals surface area contributed by atoms with Crippen molar-refractivity contribution in [2.45, 2.75) is 19.3 Å². The number of aromatic nitrogens is 3. The largest absolute Gasteiger partial charge is 0.481 e. The summed E-state index contributed by atoms with van der Waals surface area (Å²) in [6.07, 6.45) is 3.89. The van der Waals surface area contributed by atoms with Crippen LogP contribution in [0.5, 0.6) is 5.88 Å². The first-order valence-corrected chi connectivity index (χ1v) is 7.42. The van der Waals surface area contributed by atoms with Gasteiger partial charge in [-0.15, -0.1) is 0 Å².